The Morgan fingerprint density at radius 1 is 1.12 bits per heavy atom. The molecule has 1 fully saturated rings. The number of primary amides is 1. The van der Waals surface area contributed by atoms with Crippen molar-refractivity contribution in [2.24, 2.45) is 11.1 Å². The number of nitrogens with two attached hydrogens (primary N) is 1. The standard InChI is InChI=1S/C36H48BrN5O6/c1-22-10-11-25(32-23(2)40-48-24(32)3)18-29(22)41(27-14-12-26(37)13-15-27)16-8-7-9-17-47-21-31(44)39-33(36(4,5)6)35(46)42-20-28(43)19-30(42)34(38)45/h10-15,18,28,30,33,43H,7-9,16-17,19-21H2,1-6H3,(H2,38,45)(H,39,44)/t28-,30+,33-/m1/s1. The number of ether oxygens (including phenoxy) is 1. The van der Waals surface area contributed by atoms with Gasteiger partial charge in [-0.15, -0.1) is 0 Å². The summed E-state index contributed by atoms with van der Waals surface area (Å²) in [4.78, 5) is 41.7. The Balaban J connectivity index is 1.32. The van der Waals surface area contributed by atoms with Gasteiger partial charge >= 0.3 is 0 Å². The zero-order valence-corrected chi connectivity index (χ0v) is 30.3. The molecule has 2 heterocycles. The first-order valence-electron chi connectivity index (χ1n) is 16.4. The molecule has 11 nitrogen and oxygen atoms in total. The number of carbonyl (C=O) groups is 3. The highest BCUT2D eigenvalue weighted by atomic mass is 79.9. The quantitative estimate of drug-likeness (QED) is 0.189. The van der Waals surface area contributed by atoms with E-state index < -0.39 is 41.3 Å². The van der Waals surface area contributed by atoms with Crippen molar-refractivity contribution in [2.45, 2.75) is 85.4 Å². The Morgan fingerprint density at radius 3 is 2.46 bits per heavy atom. The number of likely N-dealkylation sites (tertiary alicyclic amines) is 1. The van der Waals surface area contributed by atoms with Crippen molar-refractivity contribution in [1.82, 2.24) is 15.4 Å². The van der Waals surface area contributed by atoms with E-state index in [9.17, 15) is 19.5 Å². The number of carbonyl (C=O) groups excluding carboxylic acids is 3. The van der Waals surface area contributed by atoms with Crippen LogP contribution in [0.25, 0.3) is 11.1 Å². The van der Waals surface area contributed by atoms with Crippen molar-refractivity contribution in [3.05, 3.63) is 64.0 Å². The number of aliphatic hydroxyl groups excluding tert-OH is 1. The number of unbranched alkanes of at least 4 members (excludes halogenated alkanes) is 2. The van der Waals surface area contributed by atoms with E-state index in [1.165, 1.54) is 4.90 Å². The summed E-state index contributed by atoms with van der Waals surface area (Å²) in [7, 11) is 0. The third-order valence-corrected chi connectivity index (χ3v) is 9.20. The first kappa shape index (κ1) is 37.1. The summed E-state index contributed by atoms with van der Waals surface area (Å²) in [6.45, 7) is 12.4. The minimum Gasteiger partial charge on any atom is -0.391 e. The minimum absolute atomic E-state index is 0.00312. The zero-order chi connectivity index (χ0) is 35.2. The zero-order valence-electron chi connectivity index (χ0n) is 28.7. The molecule has 3 amide bonds. The highest BCUT2D eigenvalue weighted by Crippen LogP contribution is 2.35. The Labute approximate surface area is 291 Å². The molecule has 4 N–H and O–H groups in total. The van der Waals surface area contributed by atoms with Gasteiger partial charge in [-0.1, -0.05) is 54.0 Å². The van der Waals surface area contributed by atoms with Crippen LogP contribution in [0, 0.1) is 26.2 Å². The van der Waals surface area contributed by atoms with Gasteiger partial charge < -0.3 is 35.2 Å². The van der Waals surface area contributed by atoms with E-state index in [1.807, 2.05) is 46.8 Å². The maximum Gasteiger partial charge on any atom is 0.246 e. The normalized spacial score (nSPS) is 17.0. The number of aliphatic hydroxyl groups is 1. The van der Waals surface area contributed by atoms with Crippen LogP contribution in [0.1, 0.15) is 63.5 Å². The lowest BCUT2D eigenvalue weighted by Crippen LogP contribution is -2.57. The molecule has 0 aliphatic carbocycles. The average molecular weight is 727 g/mol. The smallest absolute Gasteiger partial charge is 0.246 e. The lowest BCUT2D eigenvalue weighted by molar-refractivity contribution is -0.144. The van der Waals surface area contributed by atoms with Gasteiger partial charge in [0, 0.05) is 47.5 Å². The largest absolute Gasteiger partial charge is 0.391 e. The second-order valence-corrected chi connectivity index (χ2v) is 14.5. The molecule has 1 aromatic heterocycles. The average Bonchev–Trinajstić information content (AvgIpc) is 3.58. The van der Waals surface area contributed by atoms with Crippen LogP contribution in [0.5, 0.6) is 0 Å². The molecule has 48 heavy (non-hydrogen) atoms. The molecule has 2 aromatic carbocycles. The number of β-amino-alcohol motifs (C(OH)–C–C–N with tert-alkyl or cyclic N) is 1. The topological polar surface area (TPSA) is 151 Å². The van der Waals surface area contributed by atoms with Crippen LogP contribution in [0.15, 0.2) is 51.5 Å². The fraction of sp³-hybridized carbons (Fsp3) is 0.500. The van der Waals surface area contributed by atoms with Crippen molar-refractivity contribution in [3.8, 4) is 11.1 Å². The number of nitrogens with one attached hydrogen (secondary N) is 1. The van der Waals surface area contributed by atoms with E-state index in [2.05, 4.69) is 68.6 Å². The first-order chi connectivity index (χ1) is 22.7. The van der Waals surface area contributed by atoms with Gasteiger partial charge in [-0.3, -0.25) is 14.4 Å². The SMILES string of the molecule is Cc1ccc(-c2c(C)noc2C)cc1N(CCCCCOCC(=O)N[C@H](C(=O)N1C[C@H](O)C[C@H]1C(N)=O)C(C)(C)C)c1ccc(Br)cc1. The number of anilines is 2. The molecule has 260 valence electrons. The first-order valence-corrected chi connectivity index (χ1v) is 17.2. The fourth-order valence-electron chi connectivity index (χ4n) is 6.12. The van der Waals surface area contributed by atoms with E-state index >= 15 is 0 Å². The van der Waals surface area contributed by atoms with Crippen LogP contribution in [0.4, 0.5) is 11.4 Å². The van der Waals surface area contributed by atoms with Crippen molar-refractivity contribution in [1.29, 1.82) is 0 Å². The van der Waals surface area contributed by atoms with Crippen LogP contribution in [0.3, 0.4) is 0 Å². The predicted octanol–water partition coefficient (Wildman–Crippen LogP) is 5.33. The number of rotatable bonds is 14. The van der Waals surface area contributed by atoms with Gasteiger partial charge in [0.1, 0.15) is 24.5 Å². The molecular weight excluding hydrogens is 678 g/mol. The molecule has 12 heteroatoms. The Bertz CT molecular complexity index is 1560. The summed E-state index contributed by atoms with van der Waals surface area (Å²) >= 11 is 3.55. The number of amides is 3. The Kier molecular flexibility index (Phi) is 12.4. The molecule has 0 radical (unpaired) electrons. The number of aryl methyl sites for hydroxylation is 3. The summed E-state index contributed by atoms with van der Waals surface area (Å²) in [5.41, 5.74) is 11.1. The van der Waals surface area contributed by atoms with E-state index in [0.717, 1.165) is 69.8 Å². The molecule has 0 saturated carbocycles. The van der Waals surface area contributed by atoms with E-state index in [4.69, 9.17) is 15.0 Å². The van der Waals surface area contributed by atoms with E-state index in [0.29, 0.717) is 6.61 Å². The third kappa shape index (κ3) is 9.24. The maximum atomic E-state index is 13.4. The summed E-state index contributed by atoms with van der Waals surface area (Å²) in [6.07, 6.45) is 1.78. The molecule has 0 bridgehead atoms. The lowest BCUT2D eigenvalue weighted by atomic mass is 9.85. The summed E-state index contributed by atoms with van der Waals surface area (Å²) < 4.78 is 12.1. The number of hydrogen-bond acceptors (Lipinski definition) is 8. The van der Waals surface area contributed by atoms with Gasteiger partial charge in [0.15, 0.2) is 0 Å². The Morgan fingerprint density at radius 2 is 1.83 bits per heavy atom. The fourth-order valence-corrected chi connectivity index (χ4v) is 6.38. The lowest BCUT2D eigenvalue weighted by Gasteiger charge is -2.35. The molecule has 4 rings (SSSR count). The van der Waals surface area contributed by atoms with Crippen molar-refractivity contribution in [3.63, 3.8) is 0 Å². The molecule has 1 saturated heterocycles. The molecular formula is C36H48BrN5O6. The number of benzene rings is 2. The van der Waals surface area contributed by atoms with Gasteiger partial charge in [-0.2, -0.15) is 0 Å². The highest BCUT2D eigenvalue weighted by molar-refractivity contribution is 9.10. The molecule has 3 atom stereocenters. The van der Waals surface area contributed by atoms with Crippen LogP contribution in [0.2, 0.25) is 0 Å². The van der Waals surface area contributed by atoms with Gasteiger partial charge in [-0.05, 0) is 86.9 Å². The number of halogens is 1. The maximum absolute atomic E-state index is 13.4. The van der Waals surface area contributed by atoms with Crippen LogP contribution in [-0.4, -0.2) is 77.4 Å². The van der Waals surface area contributed by atoms with Crippen LogP contribution in [-0.2, 0) is 19.1 Å². The van der Waals surface area contributed by atoms with Crippen molar-refractivity contribution >= 4 is 45.0 Å². The van der Waals surface area contributed by atoms with Crippen molar-refractivity contribution in [2.75, 3.05) is 31.2 Å². The van der Waals surface area contributed by atoms with Crippen LogP contribution >= 0.6 is 15.9 Å². The second-order valence-electron chi connectivity index (χ2n) is 13.6. The van der Waals surface area contributed by atoms with E-state index in [1.54, 1.807) is 0 Å². The number of hydrogen-bond donors (Lipinski definition) is 3. The molecule has 0 spiro atoms. The predicted molar refractivity (Wildman–Crippen MR) is 189 cm³/mol. The highest BCUT2D eigenvalue weighted by Gasteiger charge is 2.43. The number of nitrogens with zero attached hydrogens (tertiary/aromatic N) is 3. The van der Waals surface area contributed by atoms with Crippen molar-refractivity contribution < 1.29 is 28.8 Å². The Hall–Kier alpha value is -3.74. The summed E-state index contributed by atoms with van der Waals surface area (Å²) in [5, 5.41) is 17.0. The summed E-state index contributed by atoms with van der Waals surface area (Å²) in [5.74, 6) is -0.759. The van der Waals surface area contributed by atoms with Gasteiger partial charge in [0.2, 0.25) is 17.7 Å². The molecule has 1 aliphatic rings. The van der Waals surface area contributed by atoms with Crippen LogP contribution < -0.4 is 16.0 Å². The minimum atomic E-state index is -0.912. The second kappa shape index (κ2) is 16.1. The van der Waals surface area contributed by atoms with E-state index in [-0.39, 0.29) is 19.6 Å². The molecule has 3 aromatic rings. The molecule has 1 aliphatic heterocycles. The molecule has 0 unspecified atom stereocenters. The number of aromatic nitrogens is 1. The monoisotopic (exact) mass is 725 g/mol. The summed E-state index contributed by atoms with van der Waals surface area (Å²) in [6, 6.07) is 12.9. The van der Waals surface area contributed by atoms with Gasteiger partial charge in [-0.25, -0.2) is 0 Å². The van der Waals surface area contributed by atoms with Gasteiger partial charge in [0.05, 0.1) is 11.8 Å². The van der Waals surface area contributed by atoms with Gasteiger partial charge in [0.25, 0.3) is 0 Å². The third-order valence-electron chi connectivity index (χ3n) is 8.67.